The van der Waals surface area contributed by atoms with Gasteiger partial charge in [0.05, 0.1) is 5.52 Å². The van der Waals surface area contributed by atoms with Crippen LogP contribution in [0.2, 0.25) is 0 Å². The summed E-state index contributed by atoms with van der Waals surface area (Å²) in [4.78, 5) is 13.4. The maximum absolute atomic E-state index is 10.00. The third-order valence-electron chi connectivity index (χ3n) is 1.82. The predicted octanol–water partition coefficient (Wildman–Crippen LogP) is 1.61. The molecule has 0 fully saturated rings. The first-order chi connectivity index (χ1) is 6.31. The van der Waals surface area contributed by atoms with Gasteiger partial charge in [-0.25, -0.2) is 9.31 Å². The van der Waals surface area contributed by atoms with E-state index in [2.05, 4.69) is 10.1 Å². The number of aromatic nitrogens is 2. The first-order valence-electron chi connectivity index (χ1n) is 3.84. The van der Waals surface area contributed by atoms with Crippen LogP contribution in [0.3, 0.4) is 0 Å². The van der Waals surface area contributed by atoms with Crippen LogP contribution in [0.25, 0.3) is 5.52 Å². The zero-order valence-electron chi connectivity index (χ0n) is 7.06. The summed E-state index contributed by atoms with van der Waals surface area (Å²) in [5.74, 6) is 0.393. The lowest BCUT2D eigenvalue weighted by atomic mass is 10.3. The number of aryl methyl sites for hydroxylation is 1. The summed E-state index contributed by atoms with van der Waals surface area (Å²) in [5.41, 5.74) is 1.93. The summed E-state index contributed by atoms with van der Waals surface area (Å²) in [7, 11) is 0. The van der Waals surface area contributed by atoms with Crippen LogP contribution in [0.4, 0.5) is 5.82 Å². The Kier molecular flexibility index (Phi) is 1.69. The fourth-order valence-electron chi connectivity index (χ4n) is 1.24. The molecule has 13 heavy (non-hydrogen) atoms. The molecule has 0 aromatic carbocycles. The van der Waals surface area contributed by atoms with Crippen molar-refractivity contribution in [3.63, 3.8) is 0 Å². The summed E-state index contributed by atoms with van der Waals surface area (Å²) in [6, 6.07) is 7.51. The van der Waals surface area contributed by atoms with Crippen molar-refractivity contribution in [3.05, 3.63) is 30.0 Å². The minimum Gasteiger partial charge on any atom is -0.236 e. The maximum Gasteiger partial charge on any atom is 0.242 e. The molecule has 0 spiro atoms. The zero-order valence-corrected chi connectivity index (χ0v) is 7.06. The first-order valence-corrected chi connectivity index (χ1v) is 3.84. The van der Waals surface area contributed by atoms with E-state index in [1.165, 1.54) is 6.08 Å². The molecule has 0 aliphatic rings. The highest BCUT2D eigenvalue weighted by molar-refractivity contribution is 5.56. The number of carbonyl (C=O) groups excluding carboxylic acids is 1. The van der Waals surface area contributed by atoms with Gasteiger partial charge in [-0.05, 0) is 19.1 Å². The monoisotopic (exact) mass is 173 g/mol. The fraction of sp³-hybridized carbons (Fsp3) is 0.111. The van der Waals surface area contributed by atoms with Crippen LogP contribution in [0.1, 0.15) is 5.69 Å². The molecule has 2 heterocycles. The van der Waals surface area contributed by atoms with Gasteiger partial charge in [-0.1, -0.05) is 6.07 Å². The van der Waals surface area contributed by atoms with E-state index in [1.54, 1.807) is 10.6 Å². The third-order valence-corrected chi connectivity index (χ3v) is 1.82. The molecule has 2 aromatic heterocycles. The van der Waals surface area contributed by atoms with E-state index < -0.39 is 0 Å². The van der Waals surface area contributed by atoms with Gasteiger partial charge in [0.15, 0.2) is 5.82 Å². The lowest BCUT2D eigenvalue weighted by molar-refractivity contribution is 0.565. The molecule has 2 rings (SSSR count). The summed E-state index contributed by atoms with van der Waals surface area (Å²) in [6.45, 7) is 1.94. The second-order valence-electron chi connectivity index (χ2n) is 2.71. The largest absolute Gasteiger partial charge is 0.242 e. The Bertz CT molecular complexity index is 495. The van der Waals surface area contributed by atoms with Gasteiger partial charge in [0, 0.05) is 11.8 Å². The summed E-state index contributed by atoms with van der Waals surface area (Å²) in [6.07, 6.45) is 1.46. The van der Waals surface area contributed by atoms with Crippen molar-refractivity contribution in [1.82, 2.24) is 9.61 Å². The Hall–Kier alpha value is -1.93. The van der Waals surface area contributed by atoms with Crippen molar-refractivity contribution < 1.29 is 4.79 Å². The molecule has 0 atom stereocenters. The minimum atomic E-state index is 0.393. The van der Waals surface area contributed by atoms with Crippen molar-refractivity contribution in [2.24, 2.45) is 4.99 Å². The van der Waals surface area contributed by atoms with E-state index in [1.807, 2.05) is 25.1 Å². The van der Waals surface area contributed by atoms with E-state index in [9.17, 15) is 4.79 Å². The Morgan fingerprint density at radius 3 is 3.08 bits per heavy atom. The molecule has 64 valence electrons. The van der Waals surface area contributed by atoms with E-state index in [-0.39, 0.29) is 0 Å². The van der Waals surface area contributed by atoms with Gasteiger partial charge in [0.1, 0.15) is 0 Å². The number of pyridine rings is 1. The van der Waals surface area contributed by atoms with Crippen molar-refractivity contribution in [2.75, 3.05) is 0 Å². The molecule has 0 N–H and O–H groups in total. The zero-order chi connectivity index (χ0) is 9.26. The van der Waals surface area contributed by atoms with E-state index in [4.69, 9.17) is 0 Å². The Morgan fingerprint density at radius 1 is 1.54 bits per heavy atom. The van der Waals surface area contributed by atoms with Crippen LogP contribution < -0.4 is 0 Å². The van der Waals surface area contributed by atoms with Gasteiger partial charge >= 0.3 is 0 Å². The topological polar surface area (TPSA) is 46.7 Å². The molecule has 0 bridgehead atoms. The lowest BCUT2D eigenvalue weighted by Crippen LogP contribution is -1.90. The molecule has 0 amide bonds. The smallest absolute Gasteiger partial charge is 0.236 e. The highest BCUT2D eigenvalue weighted by Gasteiger charge is 2.00. The Balaban J connectivity index is 2.75. The molecular weight excluding hydrogens is 166 g/mol. The molecule has 2 aromatic rings. The second-order valence-corrected chi connectivity index (χ2v) is 2.71. The molecule has 0 unspecified atom stereocenters. The number of isocyanates is 1. The quantitative estimate of drug-likeness (QED) is 0.485. The molecule has 0 aliphatic heterocycles. The second kappa shape index (κ2) is 2.84. The Morgan fingerprint density at radius 2 is 2.38 bits per heavy atom. The van der Waals surface area contributed by atoms with Gasteiger partial charge < -0.3 is 0 Å². The highest BCUT2D eigenvalue weighted by Crippen LogP contribution is 2.14. The SMILES string of the molecule is Cc1cccc2cc(N=C=O)nn12. The number of hydrogen-bond donors (Lipinski definition) is 0. The standard InChI is InChI=1S/C9H7N3O/c1-7-3-2-4-8-5-9(10-6-13)11-12(7)8/h2-5H,1H3. The number of aliphatic imine (C=N–C) groups is 1. The molecule has 0 saturated carbocycles. The number of fused-ring (bicyclic) bond motifs is 1. The maximum atomic E-state index is 10.00. The van der Waals surface area contributed by atoms with Gasteiger partial charge in [0.25, 0.3) is 0 Å². The van der Waals surface area contributed by atoms with Gasteiger partial charge in [-0.15, -0.1) is 10.1 Å². The van der Waals surface area contributed by atoms with Gasteiger partial charge in [0.2, 0.25) is 6.08 Å². The van der Waals surface area contributed by atoms with E-state index in [0.717, 1.165) is 11.2 Å². The van der Waals surface area contributed by atoms with E-state index >= 15 is 0 Å². The minimum absolute atomic E-state index is 0.393. The van der Waals surface area contributed by atoms with Crippen LogP contribution in [-0.4, -0.2) is 15.7 Å². The van der Waals surface area contributed by atoms with Crippen molar-refractivity contribution >= 4 is 17.4 Å². The molecule has 4 heteroatoms. The van der Waals surface area contributed by atoms with Crippen LogP contribution >= 0.6 is 0 Å². The van der Waals surface area contributed by atoms with Gasteiger partial charge in [-0.2, -0.15) is 0 Å². The number of hydrogen-bond acceptors (Lipinski definition) is 3. The van der Waals surface area contributed by atoms with Crippen LogP contribution in [0, 0.1) is 6.92 Å². The Labute approximate surface area is 74.5 Å². The third kappa shape index (κ3) is 1.23. The average molecular weight is 173 g/mol. The molecule has 0 aliphatic carbocycles. The normalized spacial score (nSPS) is 9.92. The molecule has 0 saturated heterocycles. The van der Waals surface area contributed by atoms with Crippen molar-refractivity contribution in [3.8, 4) is 0 Å². The highest BCUT2D eigenvalue weighted by atomic mass is 16.1. The molecule has 0 radical (unpaired) electrons. The van der Waals surface area contributed by atoms with Crippen LogP contribution in [0.5, 0.6) is 0 Å². The fourth-order valence-corrected chi connectivity index (χ4v) is 1.24. The van der Waals surface area contributed by atoms with Crippen molar-refractivity contribution in [1.29, 1.82) is 0 Å². The molecular formula is C9H7N3O. The van der Waals surface area contributed by atoms with Gasteiger partial charge in [-0.3, -0.25) is 0 Å². The first kappa shape index (κ1) is 7.71. The predicted molar refractivity (Wildman–Crippen MR) is 47.7 cm³/mol. The number of nitrogens with zero attached hydrogens (tertiary/aromatic N) is 3. The summed E-state index contributed by atoms with van der Waals surface area (Å²) >= 11 is 0. The average Bonchev–Trinajstić information content (AvgIpc) is 2.49. The molecule has 4 nitrogen and oxygen atoms in total. The van der Waals surface area contributed by atoms with Crippen LogP contribution in [-0.2, 0) is 4.79 Å². The van der Waals surface area contributed by atoms with Crippen molar-refractivity contribution in [2.45, 2.75) is 6.92 Å². The summed E-state index contributed by atoms with van der Waals surface area (Å²) in [5, 5.41) is 4.09. The van der Waals surface area contributed by atoms with E-state index in [0.29, 0.717) is 5.82 Å². The lowest BCUT2D eigenvalue weighted by Gasteiger charge is -1.95. The van der Waals surface area contributed by atoms with Crippen LogP contribution in [0.15, 0.2) is 29.3 Å². The summed E-state index contributed by atoms with van der Waals surface area (Å²) < 4.78 is 1.73. The number of rotatable bonds is 1.